The topological polar surface area (TPSA) is 82.1 Å². The van der Waals surface area contributed by atoms with Crippen molar-refractivity contribution in [1.82, 2.24) is 0 Å². The molecular formula is C8H16O6. The first kappa shape index (κ1) is 15.0. The Kier molecular flexibility index (Phi) is 10.3. The molecule has 0 heterocycles. The molecule has 14 heavy (non-hydrogen) atoms. The number of carboxylic acid groups (broad SMARTS) is 1. The summed E-state index contributed by atoms with van der Waals surface area (Å²) in [5, 5.41) is 7.86. The van der Waals surface area contributed by atoms with Crippen molar-refractivity contribution in [3.8, 4) is 0 Å². The number of carbonyl (C=O) groups excluding carboxylic acids is 1. The van der Waals surface area contributed by atoms with Crippen LogP contribution in [-0.2, 0) is 14.2 Å². The second-order valence-corrected chi connectivity index (χ2v) is 2.32. The molecule has 0 spiro atoms. The van der Waals surface area contributed by atoms with Crippen LogP contribution in [0.2, 0.25) is 0 Å². The van der Waals surface area contributed by atoms with Crippen molar-refractivity contribution in [2.75, 3.05) is 13.7 Å². The van der Waals surface area contributed by atoms with E-state index in [9.17, 15) is 9.59 Å². The lowest BCUT2D eigenvalue weighted by Crippen LogP contribution is -2.07. The molecule has 1 N–H and O–H groups in total. The summed E-state index contributed by atoms with van der Waals surface area (Å²) in [5.74, 6) is 0. The minimum atomic E-state index is -1.21. The van der Waals surface area contributed by atoms with Gasteiger partial charge in [-0.25, -0.2) is 9.59 Å². The fourth-order valence-electron chi connectivity index (χ4n) is 0.378. The van der Waals surface area contributed by atoms with Crippen molar-refractivity contribution in [3.05, 3.63) is 0 Å². The molecule has 0 radical (unpaired) electrons. The molecule has 0 fully saturated rings. The van der Waals surface area contributed by atoms with Crippen LogP contribution in [0.4, 0.5) is 9.59 Å². The molecule has 84 valence electrons. The predicted octanol–water partition coefficient (Wildman–Crippen LogP) is 1.88. The van der Waals surface area contributed by atoms with Crippen LogP contribution in [0.25, 0.3) is 0 Å². The highest BCUT2D eigenvalue weighted by molar-refractivity contribution is 5.59. The molecule has 0 saturated heterocycles. The van der Waals surface area contributed by atoms with Gasteiger partial charge in [0.1, 0.15) is 0 Å². The minimum Gasteiger partial charge on any atom is -0.450 e. The lowest BCUT2D eigenvalue weighted by Gasteiger charge is -1.99. The third kappa shape index (κ3) is 16.9. The third-order valence-corrected chi connectivity index (χ3v) is 0.765. The number of carbonyl (C=O) groups is 2. The molecule has 0 unspecified atom stereocenters. The summed E-state index contributed by atoms with van der Waals surface area (Å²) in [4.78, 5) is 19.6. The van der Waals surface area contributed by atoms with E-state index in [2.05, 4.69) is 14.2 Å². The molecule has 0 aromatic carbocycles. The quantitative estimate of drug-likeness (QED) is 0.697. The summed E-state index contributed by atoms with van der Waals surface area (Å²) in [7, 11) is 1.28. The molecule has 0 aromatic rings. The molecule has 6 nitrogen and oxygen atoms in total. The van der Waals surface area contributed by atoms with E-state index in [-0.39, 0.29) is 6.10 Å². The Morgan fingerprint density at radius 2 is 1.86 bits per heavy atom. The monoisotopic (exact) mass is 208 g/mol. The van der Waals surface area contributed by atoms with Crippen LogP contribution in [0.3, 0.4) is 0 Å². The molecular weight excluding hydrogens is 192 g/mol. The van der Waals surface area contributed by atoms with Crippen molar-refractivity contribution < 1.29 is 28.9 Å². The number of hydrogen-bond acceptors (Lipinski definition) is 5. The Bertz CT molecular complexity index is 165. The lowest BCUT2D eigenvalue weighted by atomic mass is 10.5. The zero-order valence-corrected chi connectivity index (χ0v) is 8.77. The maximum atomic E-state index is 9.97. The lowest BCUT2D eigenvalue weighted by molar-refractivity contribution is 0.0659. The first-order valence-electron chi connectivity index (χ1n) is 4.04. The number of hydrogen-bond donors (Lipinski definition) is 1. The maximum Gasteiger partial charge on any atom is 0.507 e. The minimum absolute atomic E-state index is 0.225. The summed E-state index contributed by atoms with van der Waals surface area (Å²) in [5.41, 5.74) is 0. The summed E-state index contributed by atoms with van der Waals surface area (Å²) >= 11 is 0. The summed E-state index contributed by atoms with van der Waals surface area (Å²) in [6.45, 7) is 5.41. The Balaban J connectivity index is 0. The van der Waals surface area contributed by atoms with Gasteiger partial charge in [-0.1, -0.05) is 0 Å². The van der Waals surface area contributed by atoms with Crippen molar-refractivity contribution in [1.29, 1.82) is 0 Å². The van der Waals surface area contributed by atoms with Gasteiger partial charge in [0.15, 0.2) is 0 Å². The largest absolute Gasteiger partial charge is 0.507 e. The molecule has 6 heteroatoms. The van der Waals surface area contributed by atoms with Gasteiger partial charge in [0.25, 0.3) is 0 Å². The Morgan fingerprint density at radius 3 is 1.93 bits per heavy atom. The van der Waals surface area contributed by atoms with Crippen LogP contribution in [0.15, 0.2) is 0 Å². The van der Waals surface area contributed by atoms with E-state index in [1.165, 1.54) is 7.11 Å². The Labute approximate surface area is 82.8 Å². The molecule has 0 atom stereocenters. The highest BCUT2D eigenvalue weighted by atomic mass is 16.7. The van der Waals surface area contributed by atoms with Gasteiger partial charge in [0.2, 0.25) is 0 Å². The molecule has 0 bridgehead atoms. The van der Waals surface area contributed by atoms with Crippen molar-refractivity contribution >= 4 is 12.3 Å². The van der Waals surface area contributed by atoms with E-state index in [0.717, 1.165) is 0 Å². The van der Waals surface area contributed by atoms with Gasteiger partial charge in [0, 0.05) is 0 Å². The second kappa shape index (κ2) is 9.63. The van der Waals surface area contributed by atoms with Gasteiger partial charge in [0.05, 0.1) is 19.8 Å². The molecule has 0 aliphatic heterocycles. The number of rotatable bonds is 2. The fourth-order valence-corrected chi connectivity index (χ4v) is 0.378. The SMILES string of the molecule is CC(C)OC(=O)O.CCOC(=O)OC. The van der Waals surface area contributed by atoms with Crippen LogP contribution in [-0.4, -0.2) is 37.2 Å². The smallest absolute Gasteiger partial charge is 0.450 e. The molecule has 0 aromatic heterocycles. The van der Waals surface area contributed by atoms with E-state index in [0.29, 0.717) is 6.61 Å². The second-order valence-electron chi connectivity index (χ2n) is 2.32. The highest BCUT2D eigenvalue weighted by Gasteiger charge is 1.97. The van der Waals surface area contributed by atoms with Gasteiger partial charge >= 0.3 is 12.3 Å². The van der Waals surface area contributed by atoms with Crippen LogP contribution in [0.1, 0.15) is 20.8 Å². The summed E-state index contributed by atoms with van der Waals surface area (Å²) in [6, 6.07) is 0. The maximum absolute atomic E-state index is 9.97. The van der Waals surface area contributed by atoms with E-state index in [1.807, 2.05) is 0 Å². The summed E-state index contributed by atoms with van der Waals surface area (Å²) in [6.07, 6.45) is -2.06. The number of ether oxygens (including phenoxy) is 3. The van der Waals surface area contributed by atoms with Gasteiger partial charge in [-0.15, -0.1) is 0 Å². The average Bonchev–Trinajstić information content (AvgIpc) is 2.03. The van der Waals surface area contributed by atoms with Crippen LogP contribution >= 0.6 is 0 Å². The van der Waals surface area contributed by atoms with E-state index < -0.39 is 12.3 Å². The zero-order chi connectivity index (χ0) is 11.6. The molecule has 0 amide bonds. The first-order chi connectivity index (χ1) is 6.43. The third-order valence-electron chi connectivity index (χ3n) is 0.765. The van der Waals surface area contributed by atoms with E-state index in [4.69, 9.17) is 5.11 Å². The standard InChI is InChI=1S/2C4H8O3/c1-3-7-4(5)6-2;1-3(2)7-4(5)6/h3H2,1-2H3;3H,1-2H3,(H,5,6). The van der Waals surface area contributed by atoms with Gasteiger partial charge in [-0.05, 0) is 20.8 Å². The van der Waals surface area contributed by atoms with Crippen molar-refractivity contribution in [3.63, 3.8) is 0 Å². The fraction of sp³-hybridized carbons (Fsp3) is 0.750. The zero-order valence-electron chi connectivity index (χ0n) is 8.77. The Morgan fingerprint density at radius 1 is 1.36 bits per heavy atom. The molecule has 0 aliphatic rings. The molecule has 0 aliphatic carbocycles. The highest BCUT2D eigenvalue weighted by Crippen LogP contribution is 1.85. The average molecular weight is 208 g/mol. The van der Waals surface area contributed by atoms with Gasteiger partial charge in [-0.3, -0.25) is 0 Å². The van der Waals surface area contributed by atoms with Crippen molar-refractivity contribution in [2.45, 2.75) is 26.9 Å². The molecule has 0 saturated carbocycles. The van der Waals surface area contributed by atoms with Crippen LogP contribution in [0, 0.1) is 0 Å². The van der Waals surface area contributed by atoms with Gasteiger partial charge < -0.3 is 19.3 Å². The van der Waals surface area contributed by atoms with E-state index >= 15 is 0 Å². The van der Waals surface area contributed by atoms with Gasteiger partial charge in [-0.2, -0.15) is 0 Å². The summed E-state index contributed by atoms with van der Waals surface area (Å²) < 4.78 is 12.6. The normalized spacial score (nSPS) is 8.36. The molecule has 0 rings (SSSR count). The van der Waals surface area contributed by atoms with Crippen LogP contribution in [0.5, 0.6) is 0 Å². The Hall–Kier alpha value is -1.46. The van der Waals surface area contributed by atoms with E-state index in [1.54, 1.807) is 20.8 Å². The predicted molar refractivity (Wildman–Crippen MR) is 48.3 cm³/mol. The van der Waals surface area contributed by atoms with Crippen LogP contribution < -0.4 is 0 Å². The van der Waals surface area contributed by atoms with Crippen molar-refractivity contribution in [2.24, 2.45) is 0 Å². The number of methoxy groups -OCH3 is 1. The first-order valence-corrected chi connectivity index (χ1v) is 4.04.